The molecule has 0 atom stereocenters. The number of ether oxygens (including phenoxy) is 1. The number of benzene rings is 1. The molecule has 0 saturated heterocycles. The fourth-order valence-corrected chi connectivity index (χ4v) is 1.95. The van der Waals surface area contributed by atoms with Crippen molar-refractivity contribution in [2.24, 2.45) is 0 Å². The summed E-state index contributed by atoms with van der Waals surface area (Å²) in [6, 6.07) is 1.73. The van der Waals surface area contributed by atoms with E-state index in [0.717, 1.165) is 12.1 Å². The van der Waals surface area contributed by atoms with E-state index < -0.39 is 17.5 Å². The second kappa shape index (κ2) is 6.23. The fraction of sp³-hybridized carbons (Fsp3) is 0.333. The number of hydrogen-bond acceptors (Lipinski definition) is 3. The maximum Gasteiger partial charge on any atom is 0.194 e. The Kier molecular flexibility index (Phi) is 4.61. The van der Waals surface area contributed by atoms with Crippen LogP contribution in [0.25, 0.3) is 11.4 Å². The van der Waals surface area contributed by atoms with Crippen LogP contribution in [-0.2, 0) is 17.2 Å². The van der Waals surface area contributed by atoms with Gasteiger partial charge in [0.2, 0.25) is 0 Å². The molecule has 0 fully saturated rings. The van der Waals surface area contributed by atoms with Gasteiger partial charge in [-0.3, -0.25) is 0 Å². The van der Waals surface area contributed by atoms with Crippen LogP contribution >= 0.6 is 11.6 Å². The van der Waals surface area contributed by atoms with E-state index in [2.05, 4.69) is 10.2 Å². The molecule has 20 heavy (non-hydrogen) atoms. The molecule has 0 bridgehead atoms. The van der Waals surface area contributed by atoms with Crippen LogP contribution in [-0.4, -0.2) is 28.5 Å². The first-order valence-electron chi connectivity index (χ1n) is 5.70. The summed E-state index contributed by atoms with van der Waals surface area (Å²) in [4.78, 5) is 0. The van der Waals surface area contributed by atoms with E-state index in [1.807, 2.05) is 0 Å². The topological polar surface area (TPSA) is 39.9 Å². The zero-order valence-corrected chi connectivity index (χ0v) is 11.3. The van der Waals surface area contributed by atoms with Gasteiger partial charge in [-0.05, 0) is 12.1 Å². The molecule has 108 valence electrons. The molecule has 0 aliphatic heterocycles. The summed E-state index contributed by atoms with van der Waals surface area (Å²) in [5.74, 6) is -3.36. The third kappa shape index (κ3) is 2.78. The molecule has 0 unspecified atom stereocenters. The summed E-state index contributed by atoms with van der Waals surface area (Å²) >= 11 is 5.73. The van der Waals surface area contributed by atoms with Gasteiger partial charge < -0.3 is 9.30 Å². The quantitative estimate of drug-likeness (QED) is 0.630. The molecule has 0 spiro atoms. The molecule has 1 aromatic heterocycles. The van der Waals surface area contributed by atoms with E-state index >= 15 is 0 Å². The number of nitrogens with zero attached hydrogens (tertiary/aromatic N) is 3. The molecule has 1 heterocycles. The zero-order valence-electron chi connectivity index (χ0n) is 10.5. The average molecular weight is 306 g/mol. The molecule has 8 heteroatoms. The van der Waals surface area contributed by atoms with Crippen molar-refractivity contribution in [1.82, 2.24) is 14.8 Å². The lowest BCUT2D eigenvalue weighted by Crippen LogP contribution is -2.09. The van der Waals surface area contributed by atoms with E-state index in [9.17, 15) is 13.2 Å². The van der Waals surface area contributed by atoms with E-state index in [4.69, 9.17) is 16.3 Å². The average Bonchev–Trinajstić information content (AvgIpc) is 2.84. The predicted octanol–water partition coefficient (Wildman–Crippen LogP) is 2.75. The highest BCUT2D eigenvalue weighted by molar-refractivity contribution is 6.16. The third-order valence-electron chi connectivity index (χ3n) is 2.71. The lowest BCUT2D eigenvalue weighted by atomic mass is 10.2. The van der Waals surface area contributed by atoms with Crippen molar-refractivity contribution >= 4 is 11.6 Å². The number of halogens is 4. The second-order valence-corrected chi connectivity index (χ2v) is 4.24. The van der Waals surface area contributed by atoms with Crippen molar-refractivity contribution in [2.75, 3.05) is 13.7 Å². The highest BCUT2D eigenvalue weighted by atomic mass is 35.5. The summed E-state index contributed by atoms with van der Waals surface area (Å²) < 4.78 is 46.0. The smallest absolute Gasteiger partial charge is 0.194 e. The van der Waals surface area contributed by atoms with Gasteiger partial charge in [-0.15, -0.1) is 21.8 Å². The van der Waals surface area contributed by atoms with Crippen LogP contribution in [0, 0.1) is 17.5 Å². The monoisotopic (exact) mass is 305 g/mol. The van der Waals surface area contributed by atoms with E-state index in [0.29, 0.717) is 19.0 Å². The van der Waals surface area contributed by atoms with Crippen LogP contribution in [0.15, 0.2) is 12.1 Å². The van der Waals surface area contributed by atoms with Gasteiger partial charge in [-0.1, -0.05) is 0 Å². The van der Waals surface area contributed by atoms with Gasteiger partial charge in [0.05, 0.1) is 12.5 Å². The minimum Gasteiger partial charge on any atom is -0.383 e. The van der Waals surface area contributed by atoms with Crippen molar-refractivity contribution in [3.05, 3.63) is 35.4 Å². The van der Waals surface area contributed by atoms with Gasteiger partial charge in [-0.25, -0.2) is 13.2 Å². The largest absolute Gasteiger partial charge is 0.383 e. The number of hydrogen-bond donors (Lipinski definition) is 0. The molecule has 0 radical (unpaired) electrons. The Morgan fingerprint density at radius 2 is 1.85 bits per heavy atom. The molecule has 4 nitrogen and oxygen atoms in total. The first kappa shape index (κ1) is 14.8. The Bertz CT molecular complexity index is 595. The van der Waals surface area contributed by atoms with Crippen molar-refractivity contribution in [3.8, 4) is 11.4 Å². The Morgan fingerprint density at radius 1 is 1.20 bits per heavy atom. The molecule has 1 aromatic carbocycles. The number of alkyl halides is 1. The third-order valence-corrected chi connectivity index (χ3v) is 2.95. The van der Waals surface area contributed by atoms with E-state index in [1.54, 1.807) is 4.57 Å². The molecular weight excluding hydrogens is 295 g/mol. The molecule has 0 aliphatic rings. The number of aromatic nitrogens is 3. The molecule has 0 aliphatic carbocycles. The molecular formula is C12H11ClF3N3O. The second-order valence-electron chi connectivity index (χ2n) is 3.97. The summed E-state index contributed by atoms with van der Waals surface area (Å²) in [6.07, 6.45) is 0. The van der Waals surface area contributed by atoms with Crippen LogP contribution in [0.3, 0.4) is 0 Å². The van der Waals surface area contributed by atoms with Crippen LogP contribution < -0.4 is 0 Å². The first-order chi connectivity index (χ1) is 9.58. The van der Waals surface area contributed by atoms with Gasteiger partial charge in [0, 0.05) is 19.2 Å². The summed E-state index contributed by atoms with van der Waals surface area (Å²) in [5, 5.41) is 7.67. The molecule has 2 rings (SSSR count). The normalized spacial score (nSPS) is 11.1. The van der Waals surface area contributed by atoms with E-state index in [-0.39, 0.29) is 17.3 Å². The van der Waals surface area contributed by atoms with Gasteiger partial charge in [-0.2, -0.15) is 0 Å². The van der Waals surface area contributed by atoms with Gasteiger partial charge in [0.25, 0.3) is 0 Å². The minimum absolute atomic E-state index is 0.0846. The lowest BCUT2D eigenvalue weighted by Gasteiger charge is -2.09. The van der Waals surface area contributed by atoms with Gasteiger partial charge >= 0.3 is 0 Å². The Balaban J connectivity index is 2.49. The Morgan fingerprint density at radius 3 is 2.40 bits per heavy atom. The summed E-state index contributed by atoms with van der Waals surface area (Å²) in [7, 11) is 1.52. The van der Waals surface area contributed by atoms with Crippen LogP contribution in [0.1, 0.15) is 5.82 Å². The van der Waals surface area contributed by atoms with Crippen molar-refractivity contribution in [3.63, 3.8) is 0 Å². The zero-order chi connectivity index (χ0) is 14.7. The number of methoxy groups -OCH3 is 1. The first-order valence-corrected chi connectivity index (χ1v) is 6.23. The Labute approximate surface area is 118 Å². The highest BCUT2D eigenvalue weighted by Gasteiger charge is 2.17. The maximum atomic E-state index is 13.3. The standard InChI is InChI=1S/C12H11ClF3N3O/c1-20-3-2-19-10(6-13)17-18-12(19)7-4-8(14)11(16)9(15)5-7/h4-5H,2-3,6H2,1H3. The van der Waals surface area contributed by atoms with Crippen LogP contribution in [0.5, 0.6) is 0 Å². The van der Waals surface area contributed by atoms with Crippen molar-refractivity contribution in [2.45, 2.75) is 12.4 Å². The fourth-order valence-electron chi connectivity index (χ4n) is 1.75. The summed E-state index contributed by atoms with van der Waals surface area (Å²) in [5.41, 5.74) is 0.0846. The van der Waals surface area contributed by atoms with Crippen LogP contribution in [0.4, 0.5) is 13.2 Å². The SMILES string of the molecule is COCCn1c(CCl)nnc1-c1cc(F)c(F)c(F)c1. The maximum absolute atomic E-state index is 13.3. The summed E-state index contributed by atoms with van der Waals surface area (Å²) in [6.45, 7) is 0.711. The Hall–Kier alpha value is -1.60. The number of rotatable bonds is 5. The molecule has 0 saturated carbocycles. The minimum atomic E-state index is -1.52. The van der Waals surface area contributed by atoms with Gasteiger partial charge in [0.1, 0.15) is 5.82 Å². The predicted molar refractivity (Wildman–Crippen MR) is 66.8 cm³/mol. The van der Waals surface area contributed by atoms with Gasteiger partial charge in [0.15, 0.2) is 23.3 Å². The van der Waals surface area contributed by atoms with Crippen molar-refractivity contribution < 1.29 is 17.9 Å². The van der Waals surface area contributed by atoms with Crippen LogP contribution in [0.2, 0.25) is 0 Å². The molecule has 0 N–H and O–H groups in total. The highest BCUT2D eigenvalue weighted by Crippen LogP contribution is 2.23. The molecule has 0 amide bonds. The van der Waals surface area contributed by atoms with E-state index in [1.165, 1.54) is 7.11 Å². The van der Waals surface area contributed by atoms with Crippen molar-refractivity contribution in [1.29, 1.82) is 0 Å². The molecule has 2 aromatic rings. The lowest BCUT2D eigenvalue weighted by molar-refractivity contribution is 0.187.